The van der Waals surface area contributed by atoms with E-state index >= 15 is 0 Å². The number of ether oxygens (including phenoxy) is 1. The van der Waals surface area contributed by atoms with Crippen LogP contribution in [0.4, 0.5) is 18.9 Å². The molecule has 1 aromatic carbocycles. The van der Waals surface area contributed by atoms with Gasteiger partial charge in [-0.3, -0.25) is 0 Å². The third-order valence-corrected chi connectivity index (χ3v) is 3.06. The lowest BCUT2D eigenvalue weighted by Gasteiger charge is -2.14. The highest BCUT2D eigenvalue weighted by molar-refractivity contribution is 9.10. The Kier molecular flexibility index (Phi) is 3.60. The zero-order valence-corrected chi connectivity index (χ0v) is 10.4. The highest BCUT2D eigenvalue weighted by atomic mass is 79.9. The van der Waals surface area contributed by atoms with E-state index in [0.717, 1.165) is 12.1 Å². The van der Waals surface area contributed by atoms with Crippen LogP contribution in [0.5, 0.6) is 5.75 Å². The third kappa shape index (κ3) is 3.75. The molecule has 0 atom stereocenters. The van der Waals surface area contributed by atoms with Crippen LogP contribution in [0.15, 0.2) is 21.5 Å². The largest absolute Gasteiger partial charge is 0.573 e. The van der Waals surface area contributed by atoms with Crippen LogP contribution in [-0.2, 0) is 10.0 Å². The second-order valence-corrected chi connectivity index (χ2v) is 5.31. The first-order valence-corrected chi connectivity index (χ1v) is 6.22. The molecule has 1 aromatic rings. The standard InChI is InChI=1S/C7H6BrF3N2O3S/c8-4-1-3(12)2-5(17(13,14)15)6(4)16-7(9,10)11/h1-2H,12H2,(H2,13,14,15). The Hall–Kier alpha value is -1.00. The number of nitrogen functional groups attached to an aromatic ring is 1. The normalized spacial score (nSPS) is 12.5. The lowest BCUT2D eigenvalue weighted by atomic mass is 10.3. The minimum Gasteiger partial charge on any atom is -0.403 e. The molecule has 0 aliphatic heterocycles. The maximum atomic E-state index is 12.1. The summed E-state index contributed by atoms with van der Waals surface area (Å²) in [5, 5.41) is 4.76. The minimum absolute atomic E-state index is 0.0737. The van der Waals surface area contributed by atoms with Crippen molar-refractivity contribution in [2.24, 2.45) is 5.14 Å². The number of primary sulfonamides is 1. The predicted octanol–water partition coefficient (Wildman–Crippen LogP) is 1.58. The van der Waals surface area contributed by atoms with Gasteiger partial charge in [0.05, 0.1) is 4.47 Å². The van der Waals surface area contributed by atoms with Gasteiger partial charge in [0, 0.05) is 5.69 Å². The number of anilines is 1. The van der Waals surface area contributed by atoms with E-state index in [2.05, 4.69) is 20.7 Å². The first kappa shape index (κ1) is 14.1. The number of hydrogen-bond donors (Lipinski definition) is 2. The second-order valence-electron chi connectivity index (χ2n) is 2.92. The van der Waals surface area contributed by atoms with Crippen molar-refractivity contribution in [2.75, 3.05) is 5.73 Å². The molecule has 96 valence electrons. The van der Waals surface area contributed by atoms with Crippen LogP contribution in [0.25, 0.3) is 0 Å². The molecule has 0 heterocycles. The molecule has 0 bridgehead atoms. The summed E-state index contributed by atoms with van der Waals surface area (Å²) >= 11 is 2.72. The monoisotopic (exact) mass is 334 g/mol. The SMILES string of the molecule is Nc1cc(Br)c(OC(F)(F)F)c(S(N)(=O)=O)c1. The molecule has 0 saturated heterocycles. The van der Waals surface area contributed by atoms with E-state index in [9.17, 15) is 21.6 Å². The molecule has 0 spiro atoms. The third-order valence-electron chi connectivity index (χ3n) is 1.56. The number of benzene rings is 1. The molecule has 0 aromatic heterocycles. The van der Waals surface area contributed by atoms with Crippen LogP contribution in [0, 0.1) is 0 Å². The lowest BCUT2D eigenvalue weighted by Crippen LogP contribution is -2.21. The van der Waals surface area contributed by atoms with Crippen molar-refractivity contribution in [1.82, 2.24) is 0 Å². The Labute approximate surface area is 103 Å². The van der Waals surface area contributed by atoms with Gasteiger partial charge in [-0.05, 0) is 28.1 Å². The van der Waals surface area contributed by atoms with Gasteiger partial charge in [-0.2, -0.15) is 0 Å². The zero-order valence-electron chi connectivity index (χ0n) is 7.95. The molecule has 5 nitrogen and oxygen atoms in total. The van der Waals surface area contributed by atoms with Crippen molar-refractivity contribution >= 4 is 31.6 Å². The fourth-order valence-corrected chi connectivity index (χ4v) is 2.41. The van der Waals surface area contributed by atoms with Gasteiger partial charge in [-0.15, -0.1) is 13.2 Å². The van der Waals surface area contributed by atoms with Crippen molar-refractivity contribution in [3.63, 3.8) is 0 Å². The second kappa shape index (κ2) is 4.35. The first-order valence-electron chi connectivity index (χ1n) is 3.88. The number of nitrogens with two attached hydrogens (primary N) is 2. The number of halogens is 4. The summed E-state index contributed by atoms with van der Waals surface area (Å²) in [5.41, 5.74) is 5.23. The Morgan fingerprint density at radius 3 is 2.24 bits per heavy atom. The van der Waals surface area contributed by atoms with E-state index in [1.54, 1.807) is 0 Å². The van der Waals surface area contributed by atoms with Gasteiger partial charge in [-0.1, -0.05) is 0 Å². The summed E-state index contributed by atoms with van der Waals surface area (Å²) in [5.74, 6) is -0.950. The van der Waals surface area contributed by atoms with E-state index in [4.69, 9.17) is 10.9 Å². The van der Waals surface area contributed by atoms with Gasteiger partial charge >= 0.3 is 6.36 Å². The summed E-state index contributed by atoms with van der Waals surface area (Å²) in [6, 6.07) is 1.84. The average Bonchev–Trinajstić information content (AvgIpc) is 2.05. The predicted molar refractivity (Wildman–Crippen MR) is 56.6 cm³/mol. The van der Waals surface area contributed by atoms with Crippen molar-refractivity contribution in [3.8, 4) is 5.75 Å². The molecule has 0 saturated carbocycles. The van der Waals surface area contributed by atoms with Crippen LogP contribution in [0.1, 0.15) is 0 Å². The van der Waals surface area contributed by atoms with E-state index < -0.39 is 27.0 Å². The van der Waals surface area contributed by atoms with Gasteiger partial charge in [0.15, 0.2) is 5.75 Å². The molecule has 0 radical (unpaired) electrons. The van der Waals surface area contributed by atoms with Gasteiger partial charge in [0.2, 0.25) is 10.0 Å². The first-order chi connectivity index (χ1) is 7.50. The maximum Gasteiger partial charge on any atom is 0.573 e. The fourth-order valence-electron chi connectivity index (χ4n) is 1.01. The van der Waals surface area contributed by atoms with Gasteiger partial charge in [0.25, 0.3) is 0 Å². The summed E-state index contributed by atoms with van der Waals surface area (Å²) in [4.78, 5) is -0.846. The molecule has 0 amide bonds. The van der Waals surface area contributed by atoms with Crippen LogP contribution < -0.4 is 15.6 Å². The van der Waals surface area contributed by atoms with Crippen molar-refractivity contribution in [1.29, 1.82) is 0 Å². The molecular formula is C7H6BrF3N2O3S. The van der Waals surface area contributed by atoms with Crippen molar-refractivity contribution in [3.05, 3.63) is 16.6 Å². The maximum absolute atomic E-state index is 12.1. The smallest absolute Gasteiger partial charge is 0.403 e. The van der Waals surface area contributed by atoms with Crippen LogP contribution in [0.2, 0.25) is 0 Å². The highest BCUT2D eigenvalue weighted by Crippen LogP contribution is 2.37. The molecule has 10 heteroatoms. The molecule has 0 aliphatic carbocycles. The molecule has 17 heavy (non-hydrogen) atoms. The number of rotatable bonds is 2. The molecule has 4 N–H and O–H groups in total. The Morgan fingerprint density at radius 2 is 1.82 bits per heavy atom. The fraction of sp³-hybridized carbons (Fsp3) is 0.143. The molecule has 1 rings (SSSR count). The molecule has 0 fully saturated rings. The zero-order chi connectivity index (χ0) is 13.4. The van der Waals surface area contributed by atoms with Crippen LogP contribution in [0.3, 0.4) is 0 Å². The van der Waals surface area contributed by atoms with E-state index in [1.165, 1.54) is 0 Å². The minimum atomic E-state index is -5.04. The average molecular weight is 335 g/mol. The van der Waals surface area contributed by atoms with Crippen molar-refractivity contribution in [2.45, 2.75) is 11.3 Å². The summed E-state index contributed by atoms with van der Waals surface area (Å²) in [6.45, 7) is 0. The van der Waals surface area contributed by atoms with Crippen LogP contribution in [-0.4, -0.2) is 14.8 Å². The Balaban J connectivity index is 3.47. The summed E-state index contributed by atoms with van der Waals surface area (Å²) in [7, 11) is -4.39. The van der Waals surface area contributed by atoms with Gasteiger partial charge in [0.1, 0.15) is 4.90 Å². The number of hydrogen-bond acceptors (Lipinski definition) is 4. The Bertz CT molecular complexity index is 544. The topological polar surface area (TPSA) is 95.4 Å². The van der Waals surface area contributed by atoms with E-state index in [1.807, 2.05) is 0 Å². The summed E-state index contributed by atoms with van der Waals surface area (Å²) < 4.78 is 61.8. The molecule has 0 aliphatic rings. The van der Waals surface area contributed by atoms with E-state index in [-0.39, 0.29) is 10.2 Å². The van der Waals surface area contributed by atoms with Gasteiger partial charge < -0.3 is 10.5 Å². The number of alkyl halides is 3. The van der Waals surface area contributed by atoms with Crippen LogP contribution >= 0.6 is 15.9 Å². The van der Waals surface area contributed by atoms with Gasteiger partial charge in [-0.25, -0.2) is 13.6 Å². The van der Waals surface area contributed by atoms with E-state index in [0.29, 0.717) is 0 Å². The molecular weight excluding hydrogens is 329 g/mol. The molecule has 0 unspecified atom stereocenters. The highest BCUT2D eigenvalue weighted by Gasteiger charge is 2.35. The quantitative estimate of drug-likeness (QED) is 0.802. The lowest BCUT2D eigenvalue weighted by molar-refractivity contribution is -0.275. The number of sulfonamides is 1. The summed E-state index contributed by atoms with van der Waals surface area (Å²) in [6.07, 6.45) is -5.04. The van der Waals surface area contributed by atoms with Crippen molar-refractivity contribution < 1.29 is 26.3 Å². The Morgan fingerprint density at radius 1 is 1.29 bits per heavy atom.